The Morgan fingerprint density at radius 2 is 1.91 bits per heavy atom. The van der Waals surface area contributed by atoms with E-state index in [-0.39, 0.29) is 29.0 Å². The number of fused-ring (bicyclic) bond motifs is 2. The van der Waals surface area contributed by atoms with E-state index < -0.39 is 41.5 Å². The zero-order valence-electron chi connectivity index (χ0n) is 12.8. The van der Waals surface area contributed by atoms with Crippen molar-refractivity contribution >= 4 is 5.78 Å². The molecule has 6 atom stereocenters. The van der Waals surface area contributed by atoms with E-state index >= 15 is 0 Å². The van der Waals surface area contributed by atoms with Gasteiger partial charge in [0.1, 0.15) is 17.6 Å². The first-order valence-electron chi connectivity index (χ1n) is 7.40. The molecular formula is C16H20O7. The van der Waals surface area contributed by atoms with Crippen LogP contribution in [0.5, 0.6) is 11.5 Å². The van der Waals surface area contributed by atoms with Gasteiger partial charge in [0.25, 0.3) is 0 Å². The van der Waals surface area contributed by atoms with Crippen LogP contribution >= 0.6 is 0 Å². The third-order valence-corrected chi connectivity index (χ3v) is 5.08. The van der Waals surface area contributed by atoms with Gasteiger partial charge in [-0.2, -0.15) is 0 Å². The van der Waals surface area contributed by atoms with Gasteiger partial charge in [0, 0.05) is 17.9 Å². The number of ketones is 1. The predicted molar refractivity (Wildman–Crippen MR) is 78.2 cm³/mol. The van der Waals surface area contributed by atoms with Gasteiger partial charge in [-0.1, -0.05) is 0 Å². The highest BCUT2D eigenvalue weighted by atomic mass is 16.5. The highest BCUT2D eigenvalue weighted by Gasteiger charge is 2.56. The zero-order chi connectivity index (χ0) is 17.1. The average molecular weight is 324 g/mol. The Balaban J connectivity index is 2.15. The zero-order valence-corrected chi connectivity index (χ0v) is 12.8. The third-order valence-electron chi connectivity index (χ3n) is 5.08. The molecule has 0 amide bonds. The van der Waals surface area contributed by atoms with E-state index in [1.807, 2.05) is 0 Å². The summed E-state index contributed by atoms with van der Waals surface area (Å²) in [5.41, 5.74) is -1.53. The minimum absolute atomic E-state index is 0.0288. The van der Waals surface area contributed by atoms with Crippen LogP contribution in [-0.4, -0.2) is 56.2 Å². The van der Waals surface area contributed by atoms with Gasteiger partial charge in [0.05, 0.1) is 30.5 Å². The Morgan fingerprint density at radius 3 is 2.52 bits per heavy atom. The number of phenols is 1. The highest BCUT2D eigenvalue weighted by molar-refractivity contribution is 6.03. The Labute approximate surface area is 132 Å². The van der Waals surface area contributed by atoms with E-state index in [0.717, 1.165) is 0 Å². The fourth-order valence-corrected chi connectivity index (χ4v) is 3.83. The SMILES string of the molecule is COc1cc(O)c2c(c1)[C@H](O)[C@H]1[C@@H](O)[C@H](O)[C@](C)(O)C[C@@H]1C2=O. The van der Waals surface area contributed by atoms with E-state index in [1.165, 1.54) is 26.2 Å². The molecule has 1 fully saturated rings. The van der Waals surface area contributed by atoms with Gasteiger partial charge < -0.3 is 30.3 Å². The maximum Gasteiger partial charge on any atom is 0.170 e. The summed E-state index contributed by atoms with van der Waals surface area (Å²) in [6, 6.07) is 2.70. The van der Waals surface area contributed by atoms with E-state index in [9.17, 15) is 30.3 Å². The number of Topliss-reactive ketones (excluding diaryl/α,β-unsaturated/α-hetero) is 1. The molecule has 0 saturated heterocycles. The second-order valence-electron chi connectivity index (χ2n) is 6.60. The van der Waals surface area contributed by atoms with Crippen LogP contribution in [0, 0.1) is 11.8 Å². The first-order valence-corrected chi connectivity index (χ1v) is 7.40. The largest absolute Gasteiger partial charge is 0.507 e. The standard InChI is InChI=1S/C16H20O7/c1-16(22)5-8-11(14(20)15(16)21)12(18)7-3-6(23-2)4-9(17)10(7)13(8)19/h3-4,8,11-12,14-15,17-18,20-22H,5H2,1-2H3/t8-,11-,12-,14+,15-,16+/m0/s1. The molecule has 7 heteroatoms. The summed E-state index contributed by atoms with van der Waals surface area (Å²) < 4.78 is 5.03. The molecule has 0 unspecified atom stereocenters. The number of phenolic OH excluding ortho intramolecular Hbond substituents is 1. The summed E-state index contributed by atoms with van der Waals surface area (Å²) in [5.74, 6) is -2.38. The minimum Gasteiger partial charge on any atom is -0.507 e. The lowest BCUT2D eigenvalue weighted by Gasteiger charge is -2.49. The lowest BCUT2D eigenvalue weighted by atomic mass is 9.60. The Bertz CT molecular complexity index is 654. The number of benzene rings is 1. The molecule has 3 rings (SSSR count). The second-order valence-corrected chi connectivity index (χ2v) is 6.60. The van der Waals surface area contributed by atoms with Crippen molar-refractivity contribution in [2.75, 3.05) is 7.11 Å². The normalized spacial score (nSPS) is 39.6. The Kier molecular flexibility index (Phi) is 3.64. The van der Waals surface area contributed by atoms with Crippen molar-refractivity contribution in [1.29, 1.82) is 0 Å². The molecule has 0 radical (unpaired) electrons. The number of hydrogen-bond acceptors (Lipinski definition) is 7. The van der Waals surface area contributed by atoms with E-state index in [1.54, 1.807) is 0 Å². The van der Waals surface area contributed by atoms with Gasteiger partial charge in [0.2, 0.25) is 0 Å². The predicted octanol–water partition coefficient (Wildman–Crippen LogP) is -0.261. The summed E-state index contributed by atoms with van der Waals surface area (Å²) in [5, 5.41) is 51.3. The molecule has 126 valence electrons. The number of aliphatic hydroxyl groups is 4. The van der Waals surface area contributed by atoms with Crippen molar-refractivity contribution in [3.63, 3.8) is 0 Å². The highest BCUT2D eigenvalue weighted by Crippen LogP contribution is 2.50. The summed E-state index contributed by atoms with van der Waals surface area (Å²) in [7, 11) is 1.39. The first kappa shape index (κ1) is 16.2. The lowest BCUT2D eigenvalue weighted by Crippen LogP contribution is -2.60. The molecular weight excluding hydrogens is 304 g/mol. The molecule has 2 aliphatic carbocycles. The van der Waals surface area contributed by atoms with Crippen LogP contribution < -0.4 is 4.74 Å². The number of ether oxygens (including phenoxy) is 1. The van der Waals surface area contributed by atoms with Gasteiger partial charge >= 0.3 is 0 Å². The Morgan fingerprint density at radius 1 is 1.26 bits per heavy atom. The molecule has 2 aliphatic rings. The average Bonchev–Trinajstić information content (AvgIpc) is 2.49. The van der Waals surface area contributed by atoms with Crippen molar-refractivity contribution in [3.05, 3.63) is 23.3 Å². The summed E-state index contributed by atoms with van der Waals surface area (Å²) >= 11 is 0. The molecule has 0 bridgehead atoms. The summed E-state index contributed by atoms with van der Waals surface area (Å²) in [6.45, 7) is 1.33. The van der Waals surface area contributed by atoms with Crippen LogP contribution in [0.4, 0.5) is 0 Å². The van der Waals surface area contributed by atoms with Crippen molar-refractivity contribution in [2.45, 2.75) is 37.3 Å². The number of aliphatic hydroxyl groups excluding tert-OH is 3. The van der Waals surface area contributed by atoms with E-state index in [0.29, 0.717) is 0 Å². The second kappa shape index (κ2) is 5.17. The molecule has 0 aromatic heterocycles. The van der Waals surface area contributed by atoms with Crippen LogP contribution in [-0.2, 0) is 0 Å². The van der Waals surface area contributed by atoms with Crippen molar-refractivity contribution in [1.82, 2.24) is 0 Å². The topological polar surface area (TPSA) is 127 Å². The number of carbonyl (C=O) groups is 1. The third kappa shape index (κ3) is 2.23. The van der Waals surface area contributed by atoms with Crippen molar-refractivity contribution < 1.29 is 35.1 Å². The maximum atomic E-state index is 12.7. The number of methoxy groups -OCH3 is 1. The van der Waals surface area contributed by atoms with Crippen LogP contribution in [0.25, 0.3) is 0 Å². The van der Waals surface area contributed by atoms with Crippen LogP contribution in [0.1, 0.15) is 35.4 Å². The van der Waals surface area contributed by atoms with Gasteiger partial charge in [-0.3, -0.25) is 4.79 Å². The molecule has 0 heterocycles. The quantitative estimate of drug-likeness (QED) is 0.481. The molecule has 1 saturated carbocycles. The molecule has 1 aromatic carbocycles. The van der Waals surface area contributed by atoms with Crippen LogP contribution in [0.15, 0.2) is 12.1 Å². The maximum absolute atomic E-state index is 12.7. The number of aromatic hydroxyl groups is 1. The number of hydrogen-bond donors (Lipinski definition) is 5. The molecule has 1 aromatic rings. The molecule has 7 nitrogen and oxygen atoms in total. The fraction of sp³-hybridized carbons (Fsp3) is 0.562. The molecule has 5 N–H and O–H groups in total. The lowest BCUT2D eigenvalue weighted by molar-refractivity contribution is -0.190. The molecule has 0 aliphatic heterocycles. The van der Waals surface area contributed by atoms with Gasteiger partial charge in [0.15, 0.2) is 5.78 Å². The summed E-state index contributed by atoms with van der Waals surface area (Å²) in [6.07, 6.45) is -4.33. The summed E-state index contributed by atoms with van der Waals surface area (Å²) in [4.78, 5) is 12.7. The van der Waals surface area contributed by atoms with Gasteiger partial charge in [-0.05, 0) is 25.0 Å². The number of carbonyl (C=O) groups excluding carboxylic acids is 1. The monoisotopic (exact) mass is 324 g/mol. The van der Waals surface area contributed by atoms with Gasteiger partial charge in [-0.25, -0.2) is 0 Å². The molecule has 23 heavy (non-hydrogen) atoms. The Hall–Kier alpha value is -1.67. The van der Waals surface area contributed by atoms with E-state index in [2.05, 4.69) is 0 Å². The van der Waals surface area contributed by atoms with Crippen LogP contribution in [0.3, 0.4) is 0 Å². The van der Waals surface area contributed by atoms with Crippen molar-refractivity contribution in [3.8, 4) is 11.5 Å². The fourth-order valence-electron chi connectivity index (χ4n) is 3.83. The number of rotatable bonds is 1. The van der Waals surface area contributed by atoms with Crippen molar-refractivity contribution in [2.24, 2.45) is 11.8 Å². The van der Waals surface area contributed by atoms with Gasteiger partial charge in [-0.15, -0.1) is 0 Å². The first-order chi connectivity index (χ1) is 10.7. The smallest absolute Gasteiger partial charge is 0.170 e. The van der Waals surface area contributed by atoms with Crippen LogP contribution in [0.2, 0.25) is 0 Å². The minimum atomic E-state index is -1.66. The van der Waals surface area contributed by atoms with E-state index in [4.69, 9.17) is 4.74 Å². The molecule has 0 spiro atoms.